The van der Waals surface area contributed by atoms with E-state index in [1.54, 1.807) is 0 Å². The number of carbonyl (C=O) groups excluding carboxylic acids is 1. The monoisotopic (exact) mass is 197 g/mol. The maximum absolute atomic E-state index is 10.8. The molecule has 3 heteroatoms. The van der Waals surface area contributed by atoms with Crippen molar-refractivity contribution in [1.82, 2.24) is 4.90 Å². The molecule has 1 aliphatic heterocycles. The van der Waals surface area contributed by atoms with Gasteiger partial charge in [0, 0.05) is 19.5 Å². The largest absolute Gasteiger partial charge is 0.469 e. The van der Waals surface area contributed by atoms with Crippen LogP contribution >= 0.6 is 0 Å². The van der Waals surface area contributed by atoms with Crippen molar-refractivity contribution in [3.8, 4) is 0 Å². The molecule has 0 aromatic heterocycles. The minimum atomic E-state index is -0.112. The Balaban J connectivity index is 1.99. The van der Waals surface area contributed by atoms with Gasteiger partial charge in [-0.25, -0.2) is 0 Å². The van der Waals surface area contributed by atoms with E-state index in [1.165, 1.54) is 33.0 Å². The Morgan fingerprint density at radius 2 is 2.14 bits per heavy atom. The number of likely N-dealkylation sites (tertiary alicyclic amines) is 1. The Labute approximate surface area is 85.7 Å². The third-order valence-corrected chi connectivity index (χ3v) is 2.44. The molecule has 1 saturated heterocycles. The van der Waals surface area contributed by atoms with E-state index in [1.807, 2.05) is 0 Å². The fourth-order valence-electron chi connectivity index (χ4n) is 1.58. The molecule has 0 unspecified atom stereocenters. The topological polar surface area (TPSA) is 29.5 Å². The second-order valence-corrected chi connectivity index (χ2v) is 3.60. The van der Waals surface area contributed by atoms with E-state index >= 15 is 0 Å². The lowest BCUT2D eigenvalue weighted by Gasteiger charge is -2.09. The molecule has 0 aromatic rings. The van der Waals surface area contributed by atoms with Crippen molar-refractivity contribution >= 4 is 5.97 Å². The first-order chi connectivity index (χ1) is 6.83. The summed E-state index contributed by atoms with van der Waals surface area (Å²) in [6.07, 6.45) is 9.31. The van der Waals surface area contributed by atoms with E-state index in [2.05, 4.69) is 21.9 Å². The summed E-state index contributed by atoms with van der Waals surface area (Å²) in [5.74, 6) is -0.112. The lowest BCUT2D eigenvalue weighted by molar-refractivity contribution is -0.140. The zero-order valence-electron chi connectivity index (χ0n) is 8.87. The summed E-state index contributed by atoms with van der Waals surface area (Å²) in [6, 6.07) is 0. The van der Waals surface area contributed by atoms with Crippen molar-refractivity contribution in [1.29, 1.82) is 0 Å². The van der Waals surface area contributed by atoms with Gasteiger partial charge in [0.15, 0.2) is 0 Å². The molecule has 0 atom stereocenters. The van der Waals surface area contributed by atoms with Gasteiger partial charge in [-0.3, -0.25) is 4.79 Å². The highest BCUT2D eigenvalue weighted by molar-refractivity contribution is 5.68. The van der Waals surface area contributed by atoms with Crippen LogP contribution in [-0.2, 0) is 9.53 Å². The van der Waals surface area contributed by atoms with Gasteiger partial charge in [0.2, 0.25) is 0 Å². The Bertz CT molecular complexity index is 195. The van der Waals surface area contributed by atoms with Gasteiger partial charge in [-0.15, -0.1) is 0 Å². The van der Waals surface area contributed by atoms with E-state index < -0.39 is 0 Å². The van der Waals surface area contributed by atoms with Crippen LogP contribution in [0.15, 0.2) is 12.3 Å². The minimum absolute atomic E-state index is 0.112. The maximum atomic E-state index is 10.8. The summed E-state index contributed by atoms with van der Waals surface area (Å²) in [5.41, 5.74) is 0. The summed E-state index contributed by atoms with van der Waals surface area (Å²) in [4.78, 5) is 13.1. The summed E-state index contributed by atoms with van der Waals surface area (Å²) in [5, 5.41) is 0. The first-order valence-electron chi connectivity index (χ1n) is 5.30. The number of unbranched alkanes of at least 4 members (excludes halogenated alkanes) is 1. The standard InChI is InChI=1S/C11H19NO2/c1-14-11(13)7-3-2-4-8-12-9-5-6-10-12/h4,8H,2-3,5-7,9-10H2,1H3/b8-4-. The van der Waals surface area contributed by atoms with Crippen molar-refractivity contribution in [2.24, 2.45) is 0 Å². The number of hydrogen-bond donors (Lipinski definition) is 0. The third kappa shape index (κ3) is 4.30. The first kappa shape index (κ1) is 11.1. The van der Waals surface area contributed by atoms with Gasteiger partial charge in [0.1, 0.15) is 0 Å². The fourth-order valence-corrected chi connectivity index (χ4v) is 1.58. The molecule has 0 radical (unpaired) electrons. The molecule has 1 rings (SSSR count). The van der Waals surface area contributed by atoms with Crippen molar-refractivity contribution in [2.75, 3.05) is 20.2 Å². The molecular formula is C11H19NO2. The van der Waals surface area contributed by atoms with Crippen molar-refractivity contribution in [2.45, 2.75) is 32.1 Å². The van der Waals surface area contributed by atoms with Crippen molar-refractivity contribution < 1.29 is 9.53 Å². The molecular weight excluding hydrogens is 178 g/mol. The second-order valence-electron chi connectivity index (χ2n) is 3.60. The molecule has 80 valence electrons. The van der Waals surface area contributed by atoms with Gasteiger partial charge < -0.3 is 9.64 Å². The number of ether oxygens (including phenoxy) is 1. The van der Waals surface area contributed by atoms with Crippen LogP contribution in [-0.4, -0.2) is 31.1 Å². The average molecular weight is 197 g/mol. The zero-order valence-corrected chi connectivity index (χ0v) is 8.87. The highest BCUT2D eigenvalue weighted by Crippen LogP contribution is 2.08. The molecule has 0 saturated carbocycles. The van der Waals surface area contributed by atoms with E-state index in [-0.39, 0.29) is 5.97 Å². The van der Waals surface area contributed by atoms with Gasteiger partial charge >= 0.3 is 5.97 Å². The highest BCUT2D eigenvalue weighted by atomic mass is 16.5. The molecule has 0 aliphatic carbocycles. The van der Waals surface area contributed by atoms with Crippen LogP contribution in [0.2, 0.25) is 0 Å². The van der Waals surface area contributed by atoms with Crippen LogP contribution in [0.3, 0.4) is 0 Å². The quantitative estimate of drug-likeness (QED) is 0.498. The van der Waals surface area contributed by atoms with Gasteiger partial charge in [0.25, 0.3) is 0 Å². The molecule has 0 spiro atoms. The van der Waals surface area contributed by atoms with Crippen molar-refractivity contribution in [3.05, 3.63) is 12.3 Å². The number of carbonyl (C=O) groups is 1. The normalized spacial score (nSPS) is 16.5. The van der Waals surface area contributed by atoms with Gasteiger partial charge in [-0.2, -0.15) is 0 Å². The maximum Gasteiger partial charge on any atom is 0.305 e. The summed E-state index contributed by atoms with van der Waals surface area (Å²) in [7, 11) is 1.43. The molecule has 14 heavy (non-hydrogen) atoms. The van der Waals surface area contributed by atoms with Gasteiger partial charge in [0.05, 0.1) is 7.11 Å². The van der Waals surface area contributed by atoms with Gasteiger partial charge in [-0.05, 0) is 31.9 Å². The smallest absolute Gasteiger partial charge is 0.305 e. The average Bonchev–Trinajstić information content (AvgIpc) is 2.69. The second kappa shape index (κ2) is 6.46. The van der Waals surface area contributed by atoms with Crippen LogP contribution in [0.4, 0.5) is 0 Å². The predicted octanol–water partition coefficient (Wildman–Crippen LogP) is 1.94. The molecule has 0 aromatic carbocycles. The highest BCUT2D eigenvalue weighted by Gasteiger charge is 2.05. The van der Waals surface area contributed by atoms with E-state index in [0.717, 1.165) is 12.8 Å². The summed E-state index contributed by atoms with van der Waals surface area (Å²) >= 11 is 0. The zero-order chi connectivity index (χ0) is 10.2. The molecule has 0 amide bonds. The first-order valence-corrected chi connectivity index (χ1v) is 5.30. The Morgan fingerprint density at radius 3 is 2.79 bits per heavy atom. The summed E-state index contributed by atoms with van der Waals surface area (Å²) < 4.78 is 4.56. The molecule has 1 fully saturated rings. The predicted molar refractivity (Wildman–Crippen MR) is 55.8 cm³/mol. The van der Waals surface area contributed by atoms with E-state index in [9.17, 15) is 4.79 Å². The van der Waals surface area contributed by atoms with Crippen LogP contribution in [0, 0.1) is 0 Å². The number of allylic oxidation sites excluding steroid dienone is 1. The van der Waals surface area contributed by atoms with Crippen LogP contribution < -0.4 is 0 Å². The number of methoxy groups -OCH3 is 1. The fraction of sp³-hybridized carbons (Fsp3) is 0.727. The number of nitrogens with zero attached hydrogens (tertiary/aromatic N) is 1. The van der Waals surface area contributed by atoms with E-state index in [4.69, 9.17) is 0 Å². The minimum Gasteiger partial charge on any atom is -0.469 e. The van der Waals surface area contributed by atoms with Crippen LogP contribution in [0.25, 0.3) is 0 Å². The molecule has 0 bridgehead atoms. The Kier molecular flexibility index (Phi) is 5.12. The lowest BCUT2D eigenvalue weighted by Crippen LogP contribution is -2.10. The third-order valence-electron chi connectivity index (χ3n) is 2.44. The molecule has 1 heterocycles. The number of esters is 1. The van der Waals surface area contributed by atoms with Crippen LogP contribution in [0.5, 0.6) is 0 Å². The number of rotatable bonds is 5. The van der Waals surface area contributed by atoms with E-state index in [0.29, 0.717) is 6.42 Å². The summed E-state index contributed by atoms with van der Waals surface area (Å²) in [6.45, 7) is 2.38. The molecule has 1 aliphatic rings. The lowest BCUT2D eigenvalue weighted by atomic mass is 10.2. The SMILES string of the molecule is COC(=O)CCC/C=C\N1CCCC1. The van der Waals surface area contributed by atoms with Gasteiger partial charge in [-0.1, -0.05) is 6.08 Å². The number of hydrogen-bond acceptors (Lipinski definition) is 3. The molecule has 3 nitrogen and oxygen atoms in total. The Hall–Kier alpha value is -0.990. The Morgan fingerprint density at radius 1 is 1.43 bits per heavy atom. The molecule has 0 N–H and O–H groups in total. The van der Waals surface area contributed by atoms with Crippen molar-refractivity contribution in [3.63, 3.8) is 0 Å². The van der Waals surface area contributed by atoms with Crippen LogP contribution in [0.1, 0.15) is 32.1 Å².